The molecular weight excluding hydrogens is 413 g/mol. The van der Waals surface area contributed by atoms with Crippen LogP contribution in [0, 0.1) is 0 Å². The molecule has 1 fully saturated rings. The summed E-state index contributed by atoms with van der Waals surface area (Å²) < 4.78 is 0. The maximum atomic E-state index is 12.9. The Hall–Kier alpha value is -1.21. The van der Waals surface area contributed by atoms with Gasteiger partial charge < -0.3 is 14.9 Å². The van der Waals surface area contributed by atoms with E-state index in [0.717, 1.165) is 0 Å². The highest BCUT2D eigenvalue weighted by atomic mass is 35.5. The number of phenolic OH excluding ortho intramolecular Hbond substituents is 1. The first kappa shape index (κ1) is 22.1. The second kappa shape index (κ2) is 9.82. The number of amides is 2. The number of halogens is 3. The van der Waals surface area contributed by atoms with E-state index in [1.165, 1.54) is 6.07 Å². The Morgan fingerprint density at radius 3 is 2.37 bits per heavy atom. The molecule has 2 rings (SSSR count). The third-order valence-corrected chi connectivity index (χ3v) is 5.79. The van der Waals surface area contributed by atoms with Crippen molar-refractivity contribution >= 4 is 46.6 Å². The van der Waals surface area contributed by atoms with E-state index in [4.69, 9.17) is 34.8 Å². The summed E-state index contributed by atoms with van der Waals surface area (Å²) in [6.45, 7) is 7.80. The molecule has 0 radical (unpaired) electrons. The lowest BCUT2D eigenvalue weighted by Crippen LogP contribution is -2.42. The van der Waals surface area contributed by atoms with Crippen molar-refractivity contribution in [2.75, 3.05) is 45.8 Å². The summed E-state index contributed by atoms with van der Waals surface area (Å²) in [5.41, 5.74) is -0.0816. The Morgan fingerprint density at radius 1 is 1.07 bits per heavy atom. The van der Waals surface area contributed by atoms with E-state index in [1.807, 2.05) is 18.7 Å². The highest BCUT2D eigenvalue weighted by Gasteiger charge is 2.27. The maximum absolute atomic E-state index is 12.9. The van der Waals surface area contributed by atoms with E-state index in [1.54, 1.807) is 9.80 Å². The number of likely N-dealkylation sites (N-methyl/N-ethyl adjacent to an activating group) is 1. The Bertz CT molecular complexity index is 685. The SMILES string of the molecule is CCN(CC)C(=O)CN1CCCN(C(=O)c2c(O)c(Cl)cc(Cl)c2Cl)CC1. The van der Waals surface area contributed by atoms with Crippen molar-refractivity contribution in [1.29, 1.82) is 0 Å². The normalized spacial score (nSPS) is 15.5. The lowest BCUT2D eigenvalue weighted by atomic mass is 10.1. The minimum atomic E-state index is -0.418. The molecule has 1 aromatic carbocycles. The zero-order valence-electron chi connectivity index (χ0n) is 15.5. The van der Waals surface area contributed by atoms with Crippen molar-refractivity contribution in [2.45, 2.75) is 20.3 Å². The van der Waals surface area contributed by atoms with Gasteiger partial charge in [-0.15, -0.1) is 0 Å². The van der Waals surface area contributed by atoms with Crippen molar-refractivity contribution < 1.29 is 14.7 Å². The zero-order valence-corrected chi connectivity index (χ0v) is 17.7. The number of benzene rings is 1. The van der Waals surface area contributed by atoms with Crippen molar-refractivity contribution in [2.24, 2.45) is 0 Å². The third kappa shape index (κ3) is 5.19. The molecular formula is C18H24Cl3N3O3. The first-order valence-electron chi connectivity index (χ1n) is 8.95. The fourth-order valence-electron chi connectivity index (χ4n) is 3.14. The van der Waals surface area contributed by atoms with E-state index in [-0.39, 0.29) is 32.3 Å². The van der Waals surface area contributed by atoms with Crippen LogP contribution in [0.5, 0.6) is 5.75 Å². The topological polar surface area (TPSA) is 64.1 Å². The highest BCUT2D eigenvalue weighted by Crippen LogP contribution is 2.39. The number of phenols is 1. The summed E-state index contributed by atoms with van der Waals surface area (Å²) >= 11 is 18.1. The standard InChI is InChI=1S/C18H24Cl3N3O3/c1-3-23(4-2)14(25)11-22-6-5-7-24(9-8-22)18(27)15-16(21)12(19)10-13(20)17(15)26/h10,26H,3-9,11H2,1-2H3. The molecule has 1 heterocycles. The second-order valence-electron chi connectivity index (χ2n) is 6.37. The van der Waals surface area contributed by atoms with Gasteiger partial charge in [0.25, 0.3) is 5.91 Å². The van der Waals surface area contributed by atoms with Crippen LogP contribution in [0.1, 0.15) is 30.6 Å². The van der Waals surface area contributed by atoms with Gasteiger partial charge in [-0.05, 0) is 26.3 Å². The van der Waals surface area contributed by atoms with Crippen LogP contribution in [-0.4, -0.2) is 77.4 Å². The number of nitrogens with zero attached hydrogens (tertiary/aromatic N) is 3. The molecule has 27 heavy (non-hydrogen) atoms. The molecule has 6 nitrogen and oxygen atoms in total. The molecule has 0 bridgehead atoms. The molecule has 150 valence electrons. The van der Waals surface area contributed by atoms with Gasteiger partial charge in [-0.2, -0.15) is 0 Å². The Balaban J connectivity index is 2.08. The number of carbonyl (C=O) groups is 2. The van der Waals surface area contributed by atoms with Gasteiger partial charge in [0.15, 0.2) is 0 Å². The van der Waals surface area contributed by atoms with Gasteiger partial charge in [-0.1, -0.05) is 34.8 Å². The zero-order chi connectivity index (χ0) is 20.1. The summed E-state index contributed by atoms with van der Waals surface area (Å²) in [5.74, 6) is -0.699. The van der Waals surface area contributed by atoms with Gasteiger partial charge in [-0.3, -0.25) is 14.5 Å². The quantitative estimate of drug-likeness (QED) is 0.719. The molecule has 0 aliphatic carbocycles. The molecule has 1 aliphatic heterocycles. The van der Waals surface area contributed by atoms with Crippen LogP contribution in [0.3, 0.4) is 0 Å². The molecule has 0 aromatic heterocycles. The van der Waals surface area contributed by atoms with Gasteiger partial charge in [0.2, 0.25) is 5.91 Å². The smallest absolute Gasteiger partial charge is 0.259 e. The van der Waals surface area contributed by atoms with E-state index in [0.29, 0.717) is 52.2 Å². The molecule has 1 saturated heterocycles. The van der Waals surface area contributed by atoms with Crippen LogP contribution in [0.15, 0.2) is 6.07 Å². The Kier molecular flexibility index (Phi) is 8.04. The average Bonchev–Trinajstić information content (AvgIpc) is 2.87. The van der Waals surface area contributed by atoms with E-state index in [9.17, 15) is 14.7 Å². The number of hydrogen-bond acceptors (Lipinski definition) is 4. The third-order valence-electron chi connectivity index (χ3n) is 4.71. The predicted octanol–water partition coefficient (Wildman–Crippen LogP) is 3.37. The summed E-state index contributed by atoms with van der Waals surface area (Å²) in [6.07, 6.45) is 0.712. The van der Waals surface area contributed by atoms with Gasteiger partial charge in [0.1, 0.15) is 11.3 Å². The molecule has 2 amide bonds. The van der Waals surface area contributed by atoms with Crippen LogP contribution in [0.2, 0.25) is 15.1 Å². The van der Waals surface area contributed by atoms with Crippen LogP contribution in [0.25, 0.3) is 0 Å². The Morgan fingerprint density at radius 2 is 1.74 bits per heavy atom. The van der Waals surface area contributed by atoms with Crippen LogP contribution in [-0.2, 0) is 4.79 Å². The molecule has 1 N–H and O–H groups in total. The highest BCUT2D eigenvalue weighted by molar-refractivity contribution is 6.45. The number of rotatable bonds is 5. The molecule has 1 aromatic rings. The van der Waals surface area contributed by atoms with E-state index >= 15 is 0 Å². The summed E-state index contributed by atoms with van der Waals surface area (Å²) in [7, 11) is 0. The summed E-state index contributed by atoms with van der Waals surface area (Å²) in [5, 5.41) is 10.3. The number of aromatic hydroxyl groups is 1. The van der Waals surface area contributed by atoms with Crippen molar-refractivity contribution in [3.63, 3.8) is 0 Å². The minimum Gasteiger partial charge on any atom is -0.505 e. The minimum absolute atomic E-state index is 0.0126. The maximum Gasteiger partial charge on any atom is 0.259 e. The molecule has 0 unspecified atom stereocenters. The Labute approximate surface area is 174 Å². The van der Waals surface area contributed by atoms with Gasteiger partial charge >= 0.3 is 0 Å². The van der Waals surface area contributed by atoms with Gasteiger partial charge in [0.05, 0.1) is 21.6 Å². The average molecular weight is 437 g/mol. The summed E-state index contributed by atoms with van der Waals surface area (Å²) in [4.78, 5) is 30.6. The lowest BCUT2D eigenvalue weighted by Gasteiger charge is -2.25. The van der Waals surface area contributed by atoms with Crippen molar-refractivity contribution in [1.82, 2.24) is 14.7 Å². The summed E-state index contributed by atoms with van der Waals surface area (Å²) in [6, 6.07) is 1.31. The monoisotopic (exact) mass is 435 g/mol. The van der Waals surface area contributed by atoms with E-state index in [2.05, 4.69) is 0 Å². The number of carbonyl (C=O) groups excluding carboxylic acids is 2. The van der Waals surface area contributed by atoms with Gasteiger partial charge in [0, 0.05) is 39.3 Å². The fourth-order valence-corrected chi connectivity index (χ4v) is 3.83. The first-order valence-corrected chi connectivity index (χ1v) is 10.1. The number of hydrogen-bond donors (Lipinski definition) is 1. The van der Waals surface area contributed by atoms with Gasteiger partial charge in [-0.25, -0.2) is 0 Å². The van der Waals surface area contributed by atoms with E-state index < -0.39 is 5.91 Å². The lowest BCUT2D eigenvalue weighted by molar-refractivity contribution is -0.132. The molecule has 0 atom stereocenters. The molecule has 0 saturated carbocycles. The first-order chi connectivity index (χ1) is 12.8. The largest absolute Gasteiger partial charge is 0.505 e. The molecule has 1 aliphatic rings. The van der Waals surface area contributed by atoms with Crippen LogP contribution in [0.4, 0.5) is 0 Å². The molecule has 9 heteroatoms. The fraction of sp³-hybridized carbons (Fsp3) is 0.556. The van der Waals surface area contributed by atoms with Crippen molar-refractivity contribution in [3.8, 4) is 5.75 Å². The predicted molar refractivity (Wildman–Crippen MR) is 108 cm³/mol. The van der Waals surface area contributed by atoms with Crippen LogP contribution < -0.4 is 0 Å². The molecule has 0 spiro atoms. The van der Waals surface area contributed by atoms with Crippen LogP contribution >= 0.6 is 34.8 Å². The van der Waals surface area contributed by atoms with Crippen molar-refractivity contribution in [3.05, 3.63) is 26.7 Å². The second-order valence-corrected chi connectivity index (χ2v) is 7.56.